The summed E-state index contributed by atoms with van der Waals surface area (Å²) < 4.78 is 10.3. The highest BCUT2D eigenvalue weighted by Gasteiger charge is 2.19. The van der Waals surface area contributed by atoms with Crippen molar-refractivity contribution in [2.75, 3.05) is 12.4 Å². The second-order valence-electron chi connectivity index (χ2n) is 4.13. The van der Waals surface area contributed by atoms with Gasteiger partial charge in [0.15, 0.2) is 5.78 Å². The molecule has 0 aliphatic rings. The fraction of sp³-hybridized carbons (Fsp3) is 0.571. The summed E-state index contributed by atoms with van der Waals surface area (Å²) in [5.74, 6) is 1.69. The van der Waals surface area contributed by atoms with E-state index in [0.29, 0.717) is 17.1 Å². The van der Waals surface area contributed by atoms with Crippen molar-refractivity contribution in [3.63, 3.8) is 0 Å². The first-order valence-corrected chi connectivity index (χ1v) is 7.64. The molecule has 0 unspecified atom stereocenters. The Balaban J connectivity index is 2.77. The summed E-state index contributed by atoms with van der Waals surface area (Å²) in [6.07, 6.45) is 2.27. The molecule has 0 spiro atoms. The Labute approximate surface area is 117 Å². The van der Waals surface area contributed by atoms with Gasteiger partial charge in [-0.2, -0.15) is 11.8 Å². The van der Waals surface area contributed by atoms with Crippen LogP contribution < -0.4 is 0 Å². The van der Waals surface area contributed by atoms with Crippen molar-refractivity contribution in [1.29, 1.82) is 0 Å². The minimum atomic E-state index is -0.519. The third kappa shape index (κ3) is 4.74. The van der Waals surface area contributed by atoms with E-state index in [1.165, 1.54) is 13.0 Å². The SMILES string of the molecule is CCCCSCc1oc(C(=O)OCC)cc1C(C)=O. The topological polar surface area (TPSA) is 56.5 Å². The molecule has 5 heteroatoms. The van der Waals surface area contributed by atoms with E-state index in [0.717, 1.165) is 18.6 Å². The minimum Gasteiger partial charge on any atom is -0.460 e. The van der Waals surface area contributed by atoms with Gasteiger partial charge in [0.05, 0.1) is 17.9 Å². The molecule has 0 fully saturated rings. The highest BCUT2D eigenvalue weighted by atomic mass is 32.2. The summed E-state index contributed by atoms with van der Waals surface area (Å²) in [4.78, 5) is 23.1. The maximum Gasteiger partial charge on any atom is 0.374 e. The Bertz CT molecular complexity index is 437. The van der Waals surface area contributed by atoms with Gasteiger partial charge in [-0.15, -0.1) is 0 Å². The lowest BCUT2D eigenvalue weighted by Crippen LogP contribution is -2.02. The monoisotopic (exact) mass is 284 g/mol. The number of hydrogen-bond acceptors (Lipinski definition) is 5. The van der Waals surface area contributed by atoms with Crippen molar-refractivity contribution in [1.82, 2.24) is 0 Å². The van der Waals surface area contributed by atoms with Gasteiger partial charge in [0.25, 0.3) is 0 Å². The molecule has 106 valence electrons. The smallest absolute Gasteiger partial charge is 0.374 e. The van der Waals surface area contributed by atoms with Gasteiger partial charge in [-0.3, -0.25) is 4.79 Å². The Morgan fingerprint density at radius 3 is 2.68 bits per heavy atom. The van der Waals surface area contributed by atoms with Crippen LogP contribution in [0.3, 0.4) is 0 Å². The number of hydrogen-bond donors (Lipinski definition) is 0. The summed E-state index contributed by atoms with van der Waals surface area (Å²) in [5, 5.41) is 0. The number of unbranched alkanes of at least 4 members (excludes halogenated alkanes) is 1. The van der Waals surface area contributed by atoms with Crippen LogP contribution in [0.5, 0.6) is 0 Å². The van der Waals surface area contributed by atoms with Gasteiger partial charge >= 0.3 is 5.97 Å². The van der Waals surface area contributed by atoms with E-state index in [1.54, 1.807) is 18.7 Å². The molecular formula is C14H20O4S. The zero-order valence-electron chi connectivity index (χ0n) is 11.7. The van der Waals surface area contributed by atoms with Gasteiger partial charge in [0.2, 0.25) is 5.76 Å². The first kappa shape index (κ1) is 15.8. The van der Waals surface area contributed by atoms with Gasteiger partial charge < -0.3 is 9.15 Å². The van der Waals surface area contributed by atoms with Crippen LogP contribution in [0.15, 0.2) is 10.5 Å². The van der Waals surface area contributed by atoms with E-state index in [2.05, 4.69) is 6.92 Å². The number of esters is 1. The largest absolute Gasteiger partial charge is 0.460 e. The van der Waals surface area contributed by atoms with Crippen molar-refractivity contribution in [2.45, 2.75) is 39.4 Å². The molecule has 0 bridgehead atoms. The number of thioether (sulfide) groups is 1. The fourth-order valence-corrected chi connectivity index (χ4v) is 2.58. The van der Waals surface area contributed by atoms with Gasteiger partial charge in [0, 0.05) is 6.07 Å². The lowest BCUT2D eigenvalue weighted by molar-refractivity contribution is 0.0488. The van der Waals surface area contributed by atoms with Crippen LogP contribution in [-0.4, -0.2) is 24.1 Å². The van der Waals surface area contributed by atoms with Crippen LogP contribution in [0.1, 0.15) is 60.3 Å². The van der Waals surface area contributed by atoms with Crippen molar-refractivity contribution < 1.29 is 18.7 Å². The Morgan fingerprint density at radius 1 is 1.37 bits per heavy atom. The van der Waals surface area contributed by atoms with Crippen LogP contribution in [0.4, 0.5) is 0 Å². The normalized spacial score (nSPS) is 10.5. The molecule has 1 heterocycles. The molecule has 1 rings (SSSR count). The molecule has 19 heavy (non-hydrogen) atoms. The summed E-state index contributed by atoms with van der Waals surface area (Å²) in [7, 11) is 0. The number of ketones is 1. The Kier molecular flexibility index (Phi) is 6.70. The Hall–Kier alpha value is -1.23. The van der Waals surface area contributed by atoms with Crippen molar-refractivity contribution >= 4 is 23.5 Å². The summed E-state index contributed by atoms with van der Waals surface area (Å²) in [6.45, 7) is 5.62. The average molecular weight is 284 g/mol. The number of Topliss-reactive ketones (excluding diaryl/α,β-unsaturated/α-hetero) is 1. The number of furan rings is 1. The van der Waals surface area contributed by atoms with E-state index in [9.17, 15) is 9.59 Å². The average Bonchev–Trinajstić information content (AvgIpc) is 2.79. The van der Waals surface area contributed by atoms with E-state index in [-0.39, 0.29) is 18.2 Å². The lowest BCUT2D eigenvalue weighted by Gasteiger charge is -2.00. The second-order valence-corrected chi connectivity index (χ2v) is 5.24. The van der Waals surface area contributed by atoms with Gasteiger partial charge in [-0.1, -0.05) is 13.3 Å². The molecule has 0 saturated carbocycles. The molecule has 0 aromatic carbocycles. The molecular weight excluding hydrogens is 264 g/mol. The number of carbonyl (C=O) groups excluding carboxylic acids is 2. The summed E-state index contributed by atoms with van der Waals surface area (Å²) in [6, 6.07) is 1.48. The highest BCUT2D eigenvalue weighted by molar-refractivity contribution is 7.98. The number of ether oxygens (including phenoxy) is 1. The molecule has 0 atom stereocenters. The van der Waals surface area contributed by atoms with Crippen molar-refractivity contribution in [2.24, 2.45) is 0 Å². The molecule has 0 aliphatic carbocycles. The maximum atomic E-state index is 11.6. The predicted octanol–water partition coefficient (Wildman–Crippen LogP) is 3.69. The summed E-state index contributed by atoms with van der Waals surface area (Å²) in [5.41, 5.74) is 0.479. The molecule has 0 aliphatic heterocycles. The Morgan fingerprint density at radius 2 is 2.11 bits per heavy atom. The summed E-state index contributed by atoms with van der Waals surface area (Å²) >= 11 is 1.70. The second kappa shape index (κ2) is 8.04. The number of rotatable bonds is 8. The van der Waals surface area contributed by atoms with E-state index >= 15 is 0 Å². The molecule has 1 aromatic heterocycles. The molecule has 4 nitrogen and oxygen atoms in total. The van der Waals surface area contributed by atoms with Gasteiger partial charge in [-0.25, -0.2) is 4.79 Å². The molecule has 0 radical (unpaired) electrons. The minimum absolute atomic E-state index is 0.0922. The molecule has 0 amide bonds. The van der Waals surface area contributed by atoms with Crippen molar-refractivity contribution in [3.8, 4) is 0 Å². The molecule has 1 aromatic rings. The fourth-order valence-electron chi connectivity index (χ4n) is 1.55. The van der Waals surface area contributed by atoms with Gasteiger partial charge in [-0.05, 0) is 26.0 Å². The maximum absolute atomic E-state index is 11.6. The van der Waals surface area contributed by atoms with E-state index < -0.39 is 5.97 Å². The van der Waals surface area contributed by atoms with Crippen LogP contribution in [0.2, 0.25) is 0 Å². The zero-order chi connectivity index (χ0) is 14.3. The van der Waals surface area contributed by atoms with Crippen molar-refractivity contribution in [3.05, 3.63) is 23.2 Å². The number of carbonyl (C=O) groups is 2. The van der Waals surface area contributed by atoms with Crippen LogP contribution in [0.25, 0.3) is 0 Å². The van der Waals surface area contributed by atoms with E-state index in [4.69, 9.17) is 9.15 Å². The van der Waals surface area contributed by atoms with Crippen LogP contribution in [-0.2, 0) is 10.5 Å². The highest BCUT2D eigenvalue weighted by Crippen LogP contribution is 2.22. The third-order valence-electron chi connectivity index (χ3n) is 2.54. The first-order chi connectivity index (χ1) is 9.10. The van der Waals surface area contributed by atoms with Gasteiger partial charge in [0.1, 0.15) is 5.76 Å². The zero-order valence-corrected chi connectivity index (χ0v) is 12.5. The van der Waals surface area contributed by atoms with Crippen LogP contribution >= 0.6 is 11.8 Å². The quantitative estimate of drug-likeness (QED) is 0.414. The van der Waals surface area contributed by atoms with E-state index in [1.807, 2.05) is 0 Å². The third-order valence-corrected chi connectivity index (χ3v) is 3.58. The lowest BCUT2D eigenvalue weighted by atomic mass is 10.2. The standard InChI is InChI=1S/C14H20O4S/c1-4-6-7-19-9-13-11(10(3)15)8-12(18-13)14(16)17-5-2/h8H,4-7,9H2,1-3H3. The molecule has 0 N–H and O–H groups in total. The predicted molar refractivity (Wildman–Crippen MR) is 75.7 cm³/mol. The van der Waals surface area contributed by atoms with Crippen LogP contribution in [0, 0.1) is 0 Å². The molecule has 0 saturated heterocycles. The first-order valence-electron chi connectivity index (χ1n) is 6.48.